The molecule has 1 saturated heterocycles. The number of hydrogen-bond acceptors (Lipinski definition) is 8. The van der Waals surface area contributed by atoms with Crippen molar-refractivity contribution in [3.8, 4) is 11.5 Å². The summed E-state index contributed by atoms with van der Waals surface area (Å²) in [5, 5.41) is 22.9. The molecule has 4 aliphatic rings. The Labute approximate surface area is 292 Å². The number of phenolic OH excluding ortho intramolecular Hbond substituents is 1. The standard InChI is InChI=1S/C41H32N2O8/c1-51-27-16-19-34(44)32(20-27)37-28-17-18-29-36(40(48)42(39(29)47)25-12-14-26(15-13-25)43(49)50)31(28)21-33-38(46)30(23-8-4-2-5-9-23)22-35(45)41(33,37)24-10-6-3-7-11-24/h2-17,19-20,22,29,31,33,36-37,44H,18,21H2,1H3. The summed E-state index contributed by atoms with van der Waals surface area (Å²) in [4.78, 5) is 70.5. The number of non-ortho nitro benzene ring substituents is 1. The van der Waals surface area contributed by atoms with E-state index >= 15 is 9.59 Å². The second kappa shape index (κ2) is 12.0. The van der Waals surface area contributed by atoms with Crippen molar-refractivity contribution < 1.29 is 33.9 Å². The number of benzene rings is 4. The highest BCUT2D eigenvalue weighted by atomic mass is 16.6. The zero-order valence-corrected chi connectivity index (χ0v) is 27.5. The molecule has 0 aromatic heterocycles. The number of ketones is 2. The van der Waals surface area contributed by atoms with Crippen LogP contribution in [-0.4, -0.2) is 40.5 Å². The molecule has 3 aliphatic carbocycles. The lowest BCUT2D eigenvalue weighted by Gasteiger charge is -2.55. The summed E-state index contributed by atoms with van der Waals surface area (Å²) in [5.41, 5.74) is 1.09. The Morgan fingerprint density at radius 2 is 1.55 bits per heavy atom. The fraction of sp³-hybridized carbons (Fsp3) is 0.220. The molecule has 4 aromatic rings. The van der Waals surface area contributed by atoms with E-state index in [2.05, 4.69) is 0 Å². The van der Waals surface area contributed by atoms with E-state index in [9.17, 15) is 24.8 Å². The van der Waals surface area contributed by atoms with Crippen molar-refractivity contribution in [3.63, 3.8) is 0 Å². The Hall–Kier alpha value is -6.16. The molecule has 254 valence electrons. The number of nitro groups is 1. The maximum absolute atomic E-state index is 15.1. The first kappa shape index (κ1) is 32.1. The smallest absolute Gasteiger partial charge is 0.269 e. The summed E-state index contributed by atoms with van der Waals surface area (Å²) < 4.78 is 5.58. The van der Waals surface area contributed by atoms with Gasteiger partial charge in [0.25, 0.3) is 5.69 Å². The van der Waals surface area contributed by atoms with Gasteiger partial charge in [0.15, 0.2) is 11.6 Å². The van der Waals surface area contributed by atoms with Gasteiger partial charge in [0, 0.05) is 35.1 Å². The molecule has 8 rings (SSSR count). The Bertz CT molecular complexity index is 2190. The predicted molar refractivity (Wildman–Crippen MR) is 187 cm³/mol. The first-order valence-electron chi connectivity index (χ1n) is 16.8. The number of nitrogens with zero attached hydrogens (tertiary/aromatic N) is 2. The molecule has 10 nitrogen and oxygen atoms in total. The van der Waals surface area contributed by atoms with E-state index in [1.807, 2.05) is 42.5 Å². The first-order chi connectivity index (χ1) is 24.7. The van der Waals surface area contributed by atoms with Gasteiger partial charge in [0.2, 0.25) is 11.8 Å². The van der Waals surface area contributed by atoms with Gasteiger partial charge in [-0.15, -0.1) is 0 Å². The van der Waals surface area contributed by atoms with Gasteiger partial charge >= 0.3 is 0 Å². The molecule has 1 N–H and O–H groups in total. The quantitative estimate of drug-likeness (QED) is 0.108. The highest BCUT2D eigenvalue weighted by Gasteiger charge is 2.66. The molecular formula is C41H32N2O8. The van der Waals surface area contributed by atoms with Crippen molar-refractivity contribution in [3.05, 3.63) is 148 Å². The molecule has 2 fully saturated rings. The number of allylic oxidation sites excluding steroid dienone is 4. The number of hydrogen-bond donors (Lipinski definition) is 1. The van der Waals surface area contributed by atoms with Crippen LogP contribution in [-0.2, 0) is 24.6 Å². The summed E-state index contributed by atoms with van der Waals surface area (Å²) in [6.07, 6.45) is 3.63. The zero-order chi connectivity index (χ0) is 35.6. The largest absolute Gasteiger partial charge is 0.508 e. The number of fused-ring (bicyclic) bond motifs is 4. The summed E-state index contributed by atoms with van der Waals surface area (Å²) in [6, 6.07) is 28.2. The van der Waals surface area contributed by atoms with Gasteiger partial charge in [-0.1, -0.05) is 72.3 Å². The molecule has 6 atom stereocenters. The maximum atomic E-state index is 15.1. The molecule has 10 heteroatoms. The number of carbonyl (C=O) groups is 4. The van der Waals surface area contributed by atoms with E-state index in [-0.39, 0.29) is 47.1 Å². The molecule has 1 heterocycles. The second-order valence-electron chi connectivity index (χ2n) is 13.5. The number of carbonyl (C=O) groups excluding carboxylic acids is 4. The van der Waals surface area contributed by atoms with Crippen LogP contribution in [0.1, 0.15) is 35.4 Å². The van der Waals surface area contributed by atoms with E-state index in [1.165, 1.54) is 43.5 Å². The molecule has 1 saturated carbocycles. The average Bonchev–Trinajstić information content (AvgIpc) is 3.42. The molecule has 4 aromatic carbocycles. The van der Waals surface area contributed by atoms with Crippen LogP contribution >= 0.6 is 0 Å². The van der Waals surface area contributed by atoms with E-state index in [0.29, 0.717) is 28.0 Å². The first-order valence-corrected chi connectivity index (χ1v) is 16.8. The second-order valence-corrected chi connectivity index (χ2v) is 13.5. The van der Waals surface area contributed by atoms with Crippen LogP contribution in [0.5, 0.6) is 11.5 Å². The molecule has 51 heavy (non-hydrogen) atoms. The Kier molecular flexibility index (Phi) is 7.55. The highest BCUT2D eigenvalue weighted by molar-refractivity contribution is 6.32. The fourth-order valence-electron chi connectivity index (χ4n) is 9.09. The number of methoxy groups -OCH3 is 1. The number of nitro benzene ring substituents is 1. The Morgan fingerprint density at radius 1 is 0.863 bits per heavy atom. The van der Waals surface area contributed by atoms with Crippen LogP contribution < -0.4 is 9.64 Å². The van der Waals surface area contributed by atoms with Crippen LogP contribution in [0, 0.1) is 33.8 Å². The average molecular weight is 681 g/mol. The van der Waals surface area contributed by atoms with Gasteiger partial charge in [0.05, 0.1) is 35.0 Å². The number of imide groups is 1. The van der Waals surface area contributed by atoms with E-state index in [1.54, 1.807) is 36.4 Å². The highest BCUT2D eigenvalue weighted by Crippen LogP contribution is 2.64. The minimum Gasteiger partial charge on any atom is -0.508 e. The molecule has 0 spiro atoms. The van der Waals surface area contributed by atoms with Gasteiger partial charge in [-0.2, -0.15) is 0 Å². The molecule has 0 radical (unpaired) electrons. The number of Topliss-reactive ketones (excluding diaryl/α,β-unsaturated/α-hetero) is 1. The molecule has 0 bridgehead atoms. The SMILES string of the molecule is COc1ccc(O)c(C2C3=CCC4C(=O)N(c5ccc([N+](=O)[O-])cc5)C(=O)C4C3CC3C(=O)C(c4ccccc4)=CC(=O)C32c2ccccc2)c1. The summed E-state index contributed by atoms with van der Waals surface area (Å²) >= 11 is 0. The third kappa shape index (κ3) is 4.70. The van der Waals surface area contributed by atoms with Crippen molar-refractivity contribution in [2.45, 2.75) is 24.2 Å². The third-order valence-electron chi connectivity index (χ3n) is 11.2. The lowest BCUT2D eigenvalue weighted by Crippen LogP contribution is -2.58. The Morgan fingerprint density at radius 3 is 2.22 bits per heavy atom. The predicted octanol–water partition coefficient (Wildman–Crippen LogP) is 6.34. The summed E-state index contributed by atoms with van der Waals surface area (Å²) in [6.45, 7) is 0. The summed E-state index contributed by atoms with van der Waals surface area (Å²) in [7, 11) is 1.50. The number of aromatic hydroxyl groups is 1. The summed E-state index contributed by atoms with van der Waals surface area (Å²) in [5.74, 6) is -5.25. The monoisotopic (exact) mass is 680 g/mol. The van der Waals surface area contributed by atoms with Crippen molar-refractivity contribution in [1.29, 1.82) is 0 Å². The number of anilines is 1. The van der Waals surface area contributed by atoms with Crippen molar-refractivity contribution in [1.82, 2.24) is 0 Å². The van der Waals surface area contributed by atoms with Crippen LogP contribution in [0.4, 0.5) is 11.4 Å². The molecule has 6 unspecified atom stereocenters. The fourth-order valence-corrected chi connectivity index (χ4v) is 9.09. The zero-order valence-electron chi connectivity index (χ0n) is 27.5. The van der Waals surface area contributed by atoms with Crippen LogP contribution in [0.2, 0.25) is 0 Å². The van der Waals surface area contributed by atoms with Crippen LogP contribution in [0.15, 0.2) is 121 Å². The van der Waals surface area contributed by atoms with Crippen molar-refractivity contribution in [2.75, 3.05) is 12.0 Å². The number of phenols is 1. The van der Waals surface area contributed by atoms with E-state index in [4.69, 9.17) is 4.74 Å². The van der Waals surface area contributed by atoms with E-state index < -0.39 is 51.7 Å². The number of rotatable bonds is 6. The number of ether oxygens (including phenoxy) is 1. The molecular weight excluding hydrogens is 648 g/mol. The van der Waals surface area contributed by atoms with Gasteiger partial charge in [0.1, 0.15) is 11.5 Å². The van der Waals surface area contributed by atoms with E-state index in [0.717, 1.165) is 4.90 Å². The Balaban J connectivity index is 1.35. The van der Waals surface area contributed by atoms with Crippen LogP contribution in [0.25, 0.3) is 5.57 Å². The minimum absolute atomic E-state index is 0.0991. The van der Waals surface area contributed by atoms with Crippen LogP contribution in [0.3, 0.4) is 0 Å². The topological polar surface area (TPSA) is 144 Å². The lowest BCUT2D eigenvalue weighted by molar-refractivity contribution is -0.384. The van der Waals surface area contributed by atoms with Gasteiger partial charge in [-0.3, -0.25) is 34.2 Å². The minimum atomic E-state index is -1.50. The molecule has 1 aliphatic heterocycles. The van der Waals surface area contributed by atoms with Crippen molar-refractivity contribution in [2.24, 2.45) is 23.7 Å². The lowest BCUT2D eigenvalue weighted by atomic mass is 9.44. The van der Waals surface area contributed by atoms with Gasteiger partial charge < -0.3 is 9.84 Å². The normalized spacial score (nSPS) is 26.8. The van der Waals surface area contributed by atoms with Crippen molar-refractivity contribution >= 4 is 40.3 Å². The molecule has 2 amide bonds. The maximum Gasteiger partial charge on any atom is 0.269 e. The van der Waals surface area contributed by atoms with Gasteiger partial charge in [-0.25, -0.2) is 0 Å². The number of amides is 2. The third-order valence-corrected chi connectivity index (χ3v) is 11.2. The van der Waals surface area contributed by atoms with Gasteiger partial charge in [-0.05, 0) is 66.3 Å².